The summed E-state index contributed by atoms with van der Waals surface area (Å²) in [7, 11) is 2.27. The van der Waals surface area contributed by atoms with E-state index in [0.29, 0.717) is 0 Å². The first-order valence-electron chi connectivity index (χ1n) is 8.32. The zero-order valence-electron chi connectivity index (χ0n) is 14.1. The van der Waals surface area contributed by atoms with E-state index in [1.165, 1.54) is 49.2 Å². The van der Waals surface area contributed by atoms with Crippen molar-refractivity contribution >= 4 is 11.3 Å². The largest absolute Gasteiger partial charge is 0.306 e. The van der Waals surface area contributed by atoms with E-state index in [2.05, 4.69) is 43.4 Å². The molecule has 2 rings (SSSR count). The van der Waals surface area contributed by atoms with Crippen LogP contribution in [0.3, 0.4) is 0 Å². The van der Waals surface area contributed by atoms with E-state index in [0.717, 1.165) is 19.1 Å². The summed E-state index contributed by atoms with van der Waals surface area (Å²) in [6.07, 6.45) is 8.35. The molecule has 1 aliphatic rings. The first-order chi connectivity index (χ1) is 9.94. The lowest BCUT2D eigenvalue weighted by Gasteiger charge is -2.26. The van der Waals surface area contributed by atoms with Crippen LogP contribution in [0.15, 0.2) is 5.38 Å². The maximum atomic E-state index is 4.79. The third-order valence-corrected chi connectivity index (χ3v) is 5.13. The summed E-state index contributed by atoms with van der Waals surface area (Å²) < 4.78 is 0. The molecule has 0 amide bonds. The summed E-state index contributed by atoms with van der Waals surface area (Å²) in [6.45, 7) is 8.46. The smallest absolute Gasteiger partial charge is 0.107 e. The van der Waals surface area contributed by atoms with Crippen molar-refractivity contribution in [2.45, 2.75) is 84.0 Å². The molecule has 0 radical (unpaired) electrons. The molecule has 1 aromatic heterocycles. The van der Waals surface area contributed by atoms with Crippen molar-refractivity contribution in [3.05, 3.63) is 16.1 Å². The minimum absolute atomic E-state index is 0.156. The van der Waals surface area contributed by atoms with Crippen molar-refractivity contribution in [1.82, 2.24) is 15.2 Å². The van der Waals surface area contributed by atoms with Crippen molar-refractivity contribution < 1.29 is 0 Å². The first kappa shape index (κ1) is 16.9. The molecule has 0 spiro atoms. The predicted octanol–water partition coefficient (Wildman–Crippen LogP) is 4.19. The van der Waals surface area contributed by atoms with Crippen LogP contribution in [-0.2, 0) is 13.1 Å². The van der Waals surface area contributed by atoms with Gasteiger partial charge in [-0.3, -0.25) is 4.90 Å². The van der Waals surface area contributed by atoms with E-state index < -0.39 is 0 Å². The summed E-state index contributed by atoms with van der Waals surface area (Å²) in [6, 6.07) is 0.755. The second kappa shape index (κ2) is 7.70. The molecule has 1 aliphatic carbocycles. The van der Waals surface area contributed by atoms with Crippen molar-refractivity contribution in [3.8, 4) is 0 Å². The molecule has 120 valence electrons. The fraction of sp³-hybridized carbons (Fsp3) is 0.824. The van der Waals surface area contributed by atoms with Crippen LogP contribution in [0.1, 0.15) is 70.0 Å². The van der Waals surface area contributed by atoms with Crippen molar-refractivity contribution in [1.29, 1.82) is 0 Å². The lowest BCUT2D eigenvalue weighted by molar-refractivity contribution is 0.211. The van der Waals surface area contributed by atoms with Crippen LogP contribution in [0, 0.1) is 0 Å². The molecule has 1 N–H and O–H groups in total. The van der Waals surface area contributed by atoms with Gasteiger partial charge >= 0.3 is 0 Å². The Bertz CT molecular complexity index is 414. The highest BCUT2D eigenvalue weighted by molar-refractivity contribution is 7.09. The van der Waals surface area contributed by atoms with Gasteiger partial charge in [-0.05, 0) is 40.7 Å². The van der Waals surface area contributed by atoms with Crippen LogP contribution in [-0.4, -0.2) is 28.5 Å². The molecule has 0 atom stereocenters. The van der Waals surface area contributed by atoms with Gasteiger partial charge < -0.3 is 5.32 Å². The van der Waals surface area contributed by atoms with Crippen LogP contribution in [0.5, 0.6) is 0 Å². The molecule has 4 heteroatoms. The number of hydrogen-bond donors (Lipinski definition) is 1. The lowest BCUT2D eigenvalue weighted by atomic mass is 10.1. The molecule has 0 saturated heterocycles. The van der Waals surface area contributed by atoms with Crippen LogP contribution in [0.2, 0.25) is 0 Å². The summed E-state index contributed by atoms with van der Waals surface area (Å²) in [4.78, 5) is 7.30. The molecule has 21 heavy (non-hydrogen) atoms. The molecule has 0 unspecified atom stereocenters. The summed E-state index contributed by atoms with van der Waals surface area (Å²) in [5.74, 6) is 0. The van der Waals surface area contributed by atoms with E-state index in [1.54, 1.807) is 11.3 Å². The quantitative estimate of drug-likeness (QED) is 0.827. The Morgan fingerprint density at radius 1 is 1.24 bits per heavy atom. The number of aromatic nitrogens is 1. The topological polar surface area (TPSA) is 28.2 Å². The highest BCUT2D eigenvalue weighted by Gasteiger charge is 2.18. The van der Waals surface area contributed by atoms with Crippen LogP contribution >= 0.6 is 11.3 Å². The zero-order valence-corrected chi connectivity index (χ0v) is 14.9. The highest BCUT2D eigenvalue weighted by atomic mass is 32.1. The molecule has 1 saturated carbocycles. The summed E-state index contributed by atoms with van der Waals surface area (Å²) >= 11 is 1.78. The second-order valence-electron chi connectivity index (χ2n) is 7.40. The number of nitrogens with one attached hydrogen (secondary N) is 1. The fourth-order valence-electron chi connectivity index (χ4n) is 2.93. The molecule has 1 heterocycles. The maximum Gasteiger partial charge on any atom is 0.107 e. The first-order valence-corrected chi connectivity index (χ1v) is 9.20. The molecule has 3 nitrogen and oxygen atoms in total. The molecule has 0 bridgehead atoms. The van der Waals surface area contributed by atoms with E-state index in [4.69, 9.17) is 4.98 Å². The summed E-state index contributed by atoms with van der Waals surface area (Å²) in [5.41, 5.74) is 1.39. The van der Waals surface area contributed by atoms with Gasteiger partial charge in [0, 0.05) is 30.1 Å². The average molecular weight is 310 g/mol. The Hall–Kier alpha value is -0.450. The minimum atomic E-state index is 0.156. The molecule has 1 aromatic rings. The van der Waals surface area contributed by atoms with Crippen LogP contribution in [0.4, 0.5) is 0 Å². The Labute approximate surface area is 134 Å². The Morgan fingerprint density at radius 3 is 2.52 bits per heavy atom. The number of thiazole rings is 1. The Kier molecular flexibility index (Phi) is 6.20. The highest BCUT2D eigenvalue weighted by Crippen LogP contribution is 2.22. The Balaban J connectivity index is 1.83. The summed E-state index contributed by atoms with van der Waals surface area (Å²) in [5, 5.41) is 6.94. The minimum Gasteiger partial charge on any atom is -0.306 e. The van der Waals surface area contributed by atoms with E-state index in [-0.39, 0.29) is 5.54 Å². The van der Waals surface area contributed by atoms with Gasteiger partial charge in [-0.25, -0.2) is 4.98 Å². The third-order valence-electron chi connectivity index (χ3n) is 4.23. The molecule has 0 aromatic carbocycles. The number of nitrogens with zero attached hydrogens (tertiary/aromatic N) is 2. The maximum absolute atomic E-state index is 4.79. The third kappa shape index (κ3) is 6.05. The molecule has 1 fully saturated rings. The van der Waals surface area contributed by atoms with Crippen LogP contribution in [0.25, 0.3) is 0 Å². The predicted molar refractivity (Wildman–Crippen MR) is 91.7 cm³/mol. The van der Waals surface area contributed by atoms with Gasteiger partial charge in [0.1, 0.15) is 5.01 Å². The van der Waals surface area contributed by atoms with Crippen LogP contribution < -0.4 is 5.32 Å². The lowest BCUT2D eigenvalue weighted by Crippen LogP contribution is -2.35. The molecular weight excluding hydrogens is 278 g/mol. The SMILES string of the molecule is CN(Cc1csc(CNC(C)(C)C)n1)C1CCCCCC1. The zero-order chi connectivity index (χ0) is 15.3. The second-order valence-corrected chi connectivity index (χ2v) is 8.34. The van der Waals surface area contributed by atoms with E-state index >= 15 is 0 Å². The van der Waals surface area contributed by atoms with Gasteiger partial charge in [-0.2, -0.15) is 0 Å². The van der Waals surface area contributed by atoms with Gasteiger partial charge in [0.15, 0.2) is 0 Å². The van der Waals surface area contributed by atoms with Gasteiger partial charge in [0.05, 0.1) is 5.69 Å². The van der Waals surface area contributed by atoms with Gasteiger partial charge in [0.25, 0.3) is 0 Å². The Morgan fingerprint density at radius 2 is 1.90 bits per heavy atom. The molecular formula is C17H31N3S. The van der Waals surface area contributed by atoms with E-state index in [9.17, 15) is 0 Å². The van der Waals surface area contributed by atoms with Crippen molar-refractivity contribution in [2.75, 3.05) is 7.05 Å². The average Bonchev–Trinajstić information content (AvgIpc) is 2.68. The standard InChI is InChI=1S/C17H31N3S/c1-17(2,3)18-11-16-19-14(13-21-16)12-20(4)15-9-7-5-6-8-10-15/h13,15,18H,5-12H2,1-4H3. The monoisotopic (exact) mass is 309 g/mol. The van der Waals surface area contributed by atoms with Gasteiger partial charge in [-0.1, -0.05) is 25.7 Å². The fourth-order valence-corrected chi connectivity index (χ4v) is 3.65. The van der Waals surface area contributed by atoms with Gasteiger partial charge in [-0.15, -0.1) is 11.3 Å². The van der Waals surface area contributed by atoms with Crippen molar-refractivity contribution in [3.63, 3.8) is 0 Å². The van der Waals surface area contributed by atoms with Gasteiger partial charge in [0.2, 0.25) is 0 Å². The normalized spacial score (nSPS) is 18.1. The molecule has 0 aliphatic heterocycles. The van der Waals surface area contributed by atoms with Crippen molar-refractivity contribution in [2.24, 2.45) is 0 Å². The van der Waals surface area contributed by atoms with E-state index in [1.807, 2.05) is 0 Å². The number of hydrogen-bond acceptors (Lipinski definition) is 4. The number of rotatable bonds is 5.